The molecule has 4 saturated carbocycles. The Morgan fingerprint density at radius 1 is 1.24 bits per heavy atom. The van der Waals surface area contributed by atoms with Crippen LogP contribution in [0.2, 0.25) is 0 Å². The monoisotopic (exact) mass is 408 g/mol. The molecular formula is C22H32O7. The first kappa shape index (κ1) is 19.9. The van der Waals surface area contributed by atoms with Gasteiger partial charge in [0.05, 0.1) is 24.2 Å². The van der Waals surface area contributed by atoms with Crippen LogP contribution in [0.4, 0.5) is 0 Å². The van der Waals surface area contributed by atoms with E-state index in [-0.39, 0.29) is 17.9 Å². The van der Waals surface area contributed by atoms with Gasteiger partial charge in [-0.25, -0.2) is 0 Å². The van der Waals surface area contributed by atoms with Crippen LogP contribution >= 0.6 is 0 Å². The standard InChI is InChI=1S/C22H32O7/c1-10-12-7-13(29-11(2)23)15-20-9-28-22(27,21(15,8-12)17(10)25)18(26)16(20)19(3,4)6-5-14(20)24/h12-18,24-27H,1,5-9H2,2-4H3. The molecule has 4 bridgehead atoms. The van der Waals surface area contributed by atoms with E-state index in [4.69, 9.17) is 9.47 Å². The molecule has 162 valence electrons. The lowest BCUT2D eigenvalue weighted by atomic mass is 9.35. The lowest BCUT2D eigenvalue weighted by molar-refractivity contribution is -0.473. The fourth-order valence-corrected chi connectivity index (χ4v) is 8.43. The molecule has 2 spiro atoms. The van der Waals surface area contributed by atoms with Gasteiger partial charge in [0.25, 0.3) is 0 Å². The normalized spacial score (nSPS) is 57.2. The SMILES string of the molecule is C=C1C2CC(OC(C)=O)C3C45COC(O)(C(O)C4C(C)(C)CCC5O)C3(C2)C1O. The van der Waals surface area contributed by atoms with Crippen LogP contribution in [0.1, 0.15) is 46.5 Å². The molecule has 10 unspecified atom stereocenters. The Morgan fingerprint density at radius 3 is 2.59 bits per heavy atom. The number of carbonyl (C=O) groups excluding carboxylic acids is 1. The van der Waals surface area contributed by atoms with Crippen LogP contribution in [0.15, 0.2) is 12.2 Å². The zero-order chi connectivity index (χ0) is 21.1. The van der Waals surface area contributed by atoms with Crippen molar-refractivity contribution in [1.29, 1.82) is 0 Å². The molecule has 2 saturated heterocycles. The van der Waals surface area contributed by atoms with E-state index in [1.54, 1.807) is 0 Å². The minimum atomic E-state index is -1.99. The van der Waals surface area contributed by atoms with Crippen molar-refractivity contribution in [2.24, 2.45) is 34.0 Å². The van der Waals surface area contributed by atoms with Gasteiger partial charge in [-0.2, -0.15) is 0 Å². The van der Waals surface area contributed by atoms with E-state index in [1.807, 2.05) is 13.8 Å². The van der Waals surface area contributed by atoms with E-state index in [1.165, 1.54) is 6.92 Å². The van der Waals surface area contributed by atoms with Gasteiger partial charge >= 0.3 is 5.97 Å². The first-order chi connectivity index (χ1) is 13.4. The Labute approximate surface area is 170 Å². The summed E-state index contributed by atoms with van der Waals surface area (Å²) in [6.07, 6.45) is -1.64. The number of aliphatic hydroxyl groups excluding tert-OH is 3. The van der Waals surface area contributed by atoms with E-state index in [2.05, 4.69) is 6.58 Å². The van der Waals surface area contributed by atoms with Crippen LogP contribution in [0, 0.1) is 34.0 Å². The summed E-state index contributed by atoms with van der Waals surface area (Å²) in [5.41, 5.74) is -1.98. The van der Waals surface area contributed by atoms with Crippen molar-refractivity contribution in [2.75, 3.05) is 6.61 Å². The molecule has 2 aliphatic heterocycles. The van der Waals surface area contributed by atoms with Gasteiger partial charge in [0.15, 0.2) is 0 Å². The molecule has 4 aliphatic carbocycles. The molecule has 6 fully saturated rings. The molecule has 2 heterocycles. The van der Waals surface area contributed by atoms with E-state index >= 15 is 0 Å². The number of carbonyl (C=O) groups is 1. The molecule has 10 atom stereocenters. The van der Waals surface area contributed by atoms with Gasteiger partial charge in [-0.15, -0.1) is 0 Å². The molecule has 0 aromatic rings. The minimum Gasteiger partial charge on any atom is -0.462 e. The quantitative estimate of drug-likeness (QED) is 0.373. The van der Waals surface area contributed by atoms with Crippen LogP contribution in [0.5, 0.6) is 0 Å². The number of fused-ring (bicyclic) bond motifs is 2. The van der Waals surface area contributed by atoms with Crippen molar-refractivity contribution in [1.82, 2.24) is 0 Å². The molecule has 0 amide bonds. The minimum absolute atomic E-state index is 0.0594. The Kier molecular flexibility index (Phi) is 3.87. The van der Waals surface area contributed by atoms with Crippen LogP contribution in [-0.2, 0) is 14.3 Å². The topological polar surface area (TPSA) is 116 Å². The van der Waals surface area contributed by atoms with E-state index < -0.39 is 58.8 Å². The lowest BCUT2D eigenvalue weighted by Gasteiger charge is -2.75. The van der Waals surface area contributed by atoms with Crippen LogP contribution in [0.25, 0.3) is 0 Å². The lowest BCUT2D eigenvalue weighted by Crippen LogP contribution is -2.85. The van der Waals surface area contributed by atoms with Gasteiger partial charge in [0, 0.05) is 24.2 Å². The maximum absolute atomic E-state index is 12.0. The van der Waals surface area contributed by atoms with Gasteiger partial charge in [0.2, 0.25) is 5.79 Å². The third kappa shape index (κ3) is 2.00. The third-order valence-electron chi connectivity index (χ3n) is 9.32. The molecule has 0 radical (unpaired) electrons. The molecule has 29 heavy (non-hydrogen) atoms. The van der Waals surface area contributed by atoms with Gasteiger partial charge < -0.3 is 29.9 Å². The van der Waals surface area contributed by atoms with Crippen LogP contribution in [-0.4, -0.2) is 63.2 Å². The van der Waals surface area contributed by atoms with Gasteiger partial charge in [0.1, 0.15) is 12.2 Å². The second kappa shape index (κ2) is 5.62. The van der Waals surface area contributed by atoms with Crippen LogP contribution in [0.3, 0.4) is 0 Å². The summed E-state index contributed by atoms with van der Waals surface area (Å²) in [6.45, 7) is 9.56. The van der Waals surface area contributed by atoms with Crippen molar-refractivity contribution in [3.8, 4) is 0 Å². The predicted molar refractivity (Wildman–Crippen MR) is 101 cm³/mol. The highest BCUT2D eigenvalue weighted by atomic mass is 16.6. The number of aliphatic hydroxyl groups is 4. The Morgan fingerprint density at radius 2 is 1.93 bits per heavy atom. The molecule has 6 aliphatic rings. The Bertz CT molecular complexity index is 779. The molecule has 0 aromatic carbocycles. The predicted octanol–water partition coefficient (Wildman–Crippen LogP) is 0.738. The van der Waals surface area contributed by atoms with E-state index in [0.717, 1.165) is 0 Å². The Hall–Kier alpha value is -0.990. The molecule has 6 rings (SSSR count). The van der Waals surface area contributed by atoms with Gasteiger partial charge in [-0.05, 0) is 42.6 Å². The zero-order valence-corrected chi connectivity index (χ0v) is 17.3. The average molecular weight is 408 g/mol. The summed E-state index contributed by atoms with van der Waals surface area (Å²) in [6, 6.07) is 0. The highest BCUT2D eigenvalue weighted by Gasteiger charge is 2.85. The smallest absolute Gasteiger partial charge is 0.302 e. The molecule has 0 aromatic heterocycles. The highest BCUT2D eigenvalue weighted by Crippen LogP contribution is 2.77. The number of hydrogen-bond donors (Lipinski definition) is 4. The maximum Gasteiger partial charge on any atom is 0.302 e. The zero-order valence-electron chi connectivity index (χ0n) is 17.3. The largest absolute Gasteiger partial charge is 0.462 e. The second-order valence-electron chi connectivity index (χ2n) is 10.8. The van der Waals surface area contributed by atoms with Crippen molar-refractivity contribution in [3.63, 3.8) is 0 Å². The first-order valence-electron chi connectivity index (χ1n) is 10.7. The number of esters is 1. The molecular weight excluding hydrogens is 376 g/mol. The van der Waals surface area contributed by atoms with Crippen molar-refractivity contribution in [2.45, 2.75) is 76.7 Å². The van der Waals surface area contributed by atoms with Crippen molar-refractivity contribution < 1.29 is 34.7 Å². The molecule has 7 heteroatoms. The fourth-order valence-electron chi connectivity index (χ4n) is 8.43. The molecule has 7 nitrogen and oxygen atoms in total. The maximum atomic E-state index is 12.0. The summed E-state index contributed by atoms with van der Waals surface area (Å²) in [5, 5.41) is 46.1. The second-order valence-corrected chi connectivity index (χ2v) is 10.8. The first-order valence-corrected chi connectivity index (χ1v) is 10.7. The van der Waals surface area contributed by atoms with Crippen molar-refractivity contribution in [3.05, 3.63) is 12.2 Å². The van der Waals surface area contributed by atoms with E-state index in [9.17, 15) is 25.2 Å². The van der Waals surface area contributed by atoms with Gasteiger partial charge in [-0.3, -0.25) is 4.79 Å². The number of hydrogen-bond acceptors (Lipinski definition) is 7. The fraction of sp³-hybridized carbons (Fsp3) is 0.864. The summed E-state index contributed by atoms with van der Waals surface area (Å²) >= 11 is 0. The summed E-state index contributed by atoms with van der Waals surface area (Å²) in [7, 11) is 0. The highest BCUT2D eigenvalue weighted by molar-refractivity contribution is 5.66. The van der Waals surface area contributed by atoms with E-state index in [0.29, 0.717) is 31.3 Å². The van der Waals surface area contributed by atoms with Gasteiger partial charge in [-0.1, -0.05) is 20.4 Å². The number of rotatable bonds is 1. The molecule has 4 N–H and O–H groups in total. The summed E-state index contributed by atoms with van der Waals surface area (Å²) in [5.74, 6) is -3.56. The third-order valence-corrected chi connectivity index (χ3v) is 9.32. The summed E-state index contributed by atoms with van der Waals surface area (Å²) in [4.78, 5) is 12.0. The average Bonchev–Trinajstić information content (AvgIpc) is 2.82. The van der Waals surface area contributed by atoms with Crippen molar-refractivity contribution >= 4 is 5.97 Å². The van der Waals surface area contributed by atoms with Crippen LogP contribution < -0.4 is 0 Å². The summed E-state index contributed by atoms with van der Waals surface area (Å²) < 4.78 is 11.7. The Balaban J connectivity index is 1.79. The number of ether oxygens (including phenoxy) is 2.